The molecule has 0 radical (unpaired) electrons. The molecule has 38 heavy (non-hydrogen) atoms. The molecular weight excluding hydrogens is 497 g/mol. The summed E-state index contributed by atoms with van der Waals surface area (Å²) in [6, 6.07) is 1.14. The number of fused-ring (bicyclic) bond motifs is 1. The van der Waals surface area contributed by atoms with Crippen molar-refractivity contribution in [3.05, 3.63) is 63.4 Å². The molecule has 206 valence electrons. The van der Waals surface area contributed by atoms with Gasteiger partial charge in [-0.3, -0.25) is 14.4 Å². The van der Waals surface area contributed by atoms with Crippen LogP contribution in [0.3, 0.4) is 0 Å². The zero-order chi connectivity index (χ0) is 28.6. The standard InChI is InChI=1S/C24H27F3N6O2.C3H8/c1-6-13(7-19(35-5)14(10-28)11-29-3)23-31-20(15-8-17(26)18(27)9-16(15)25)21-22(32-23)24(34)33(4)12(2)30-21;1-3-2/h8-11,13,19H,6-7,28H2,1-5H3;3H2,1-2H3/b14-10+,29-11?;/t13?,19-;/m0./s1. The molecule has 3 aromatic rings. The van der Waals surface area contributed by atoms with Crippen molar-refractivity contribution in [2.75, 3.05) is 14.2 Å². The molecule has 0 aliphatic heterocycles. The van der Waals surface area contributed by atoms with Gasteiger partial charge in [0.1, 0.15) is 28.7 Å². The second-order valence-corrected chi connectivity index (χ2v) is 8.72. The number of aromatic nitrogens is 4. The van der Waals surface area contributed by atoms with Gasteiger partial charge in [-0.15, -0.1) is 0 Å². The third-order valence-electron chi connectivity index (χ3n) is 5.92. The molecule has 1 unspecified atom stereocenters. The molecule has 0 aliphatic rings. The van der Waals surface area contributed by atoms with Crippen molar-refractivity contribution in [2.24, 2.45) is 17.8 Å². The van der Waals surface area contributed by atoms with Crippen LogP contribution in [0.4, 0.5) is 13.2 Å². The predicted octanol–water partition coefficient (Wildman–Crippen LogP) is 4.97. The smallest absolute Gasteiger partial charge is 0.279 e. The van der Waals surface area contributed by atoms with E-state index in [1.807, 2.05) is 6.92 Å². The first-order chi connectivity index (χ1) is 18.1. The van der Waals surface area contributed by atoms with Crippen LogP contribution in [-0.4, -0.2) is 46.0 Å². The van der Waals surface area contributed by atoms with Crippen molar-refractivity contribution >= 4 is 17.2 Å². The zero-order valence-electron chi connectivity index (χ0n) is 22.8. The molecule has 2 aromatic heterocycles. The number of nitrogens with zero attached hydrogens (tertiary/aromatic N) is 5. The van der Waals surface area contributed by atoms with E-state index in [0.29, 0.717) is 36.4 Å². The maximum absolute atomic E-state index is 14.8. The van der Waals surface area contributed by atoms with Gasteiger partial charge in [0.25, 0.3) is 5.56 Å². The number of aliphatic imine (C=N–C) groups is 1. The fourth-order valence-corrected chi connectivity index (χ4v) is 3.81. The van der Waals surface area contributed by atoms with E-state index in [0.717, 1.165) is 0 Å². The third-order valence-corrected chi connectivity index (χ3v) is 5.92. The van der Waals surface area contributed by atoms with Gasteiger partial charge in [-0.1, -0.05) is 27.2 Å². The minimum absolute atomic E-state index is 0.00179. The summed E-state index contributed by atoms with van der Waals surface area (Å²) < 4.78 is 49.4. The average Bonchev–Trinajstić information content (AvgIpc) is 2.89. The summed E-state index contributed by atoms with van der Waals surface area (Å²) in [6.07, 6.45) is 4.65. The Bertz CT molecular complexity index is 1390. The fourth-order valence-electron chi connectivity index (χ4n) is 3.81. The largest absolute Gasteiger partial charge is 0.404 e. The second-order valence-electron chi connectivity index (χ2n) is 8.72. The number of hydrogen-bond acceptors (Lipinski definition) is 7. The monoisotopic (exact) mass is 532 g/mol. The van der Waals surface area contributed by atoms with Crippen molar-refractivity contribution in [3.63, 3.8) is 0 Å². The summed E-state index contributed by atoms with van der Waals surface area (Å²) in [6.45, 7) is 7.74. The Kier molecular flexibility index (Phi) is 11.1. The van der Waals surface area contributed by atoms with Gasteiger partial charge in [-0.2, -0.15) is 0 Å². The van der Waals surface area contributed by atoms with Gasteiger partial charge in [0.05, 0.1) is 6.10 Å². The topological polar surface area (TPSA) is 108 Å². The molecule has 0 fully saturated rings. The molecule has 0 bridgehead atoms. The van der Waals surface area contributed by atoms with Gasteiger partial charge in [-0.05, 0) is 25.8 Å². The van der Waals surface area contributed by atoms with Gasteiger partial charge < -0.3 is 10.5 Å². The zero-order valence-corrected chi connectivity index (χ0v) is 22.8. The van der Waals surface area contributed by atoms with E-state index in [1.54, 1.807) is 20.2 Å². The van der Waals surface area contributed by atoms with Crippen LogP contribution in [0.15, 0.2) is 33.7 Å². The Morgan fingerprint density at radius 1 is 1.11 bits per heavy atom. The van der Waals surface area contributed by atoms with E-state index in [9.17, 15) is 18.0 Å². The van der Waals surface area contributed by atoms with Crippen LogP contribution in [0, 0.1) is 24.4 Å². The number of methoxy groups -OCH3 is 1. The molecule has 0 saturated heterocycles. The van der Waals surface area contributed by atoms with E-state index >= 15 is 0 Å². The lowest BCUT2D eigenvalue weighted by molar-refractivity contribution is 0.120. The summed E-state index contributed by atoms with van der Waals surface area (Å²) in [7, 11) is 4.66. The summed E-state index contributed by atoms with van der Waals surface area (Å²) >= 11 is 0. The van der Waals surface area contributed by atoms with Crippen LogP contribution < -0.4 is 11.3 Å². The van der Waals surface area contributed by atoms with E-state index < -0.39 is 29.1 Å². The minimum Gasteiger partial charge on any atom is -0.404 e. The molecule has 2 atom stereocenters. The van der Waals surface area contributed by atoms with E-state index in [4.69, 9.17) is 10.5 Å². The lowest BCUT2D eigenvalue weighted by Gasteiger charge is -2.22. The predicted molar refractivity (Wildman–Crippen MR) is 144 cm³/mol. The van der Waals surface area contributed by atoms with Crippen molar-refractivity contribution in [1.29, 1.82) is 0 Å². The molecule has 2 N–H and O–H groups in total. The highest BCUT2D eigenvalue weighted by Gasteiger charge is 2.26. The molecule has 1 aromatic carbocycles. The number of benzene rings is 1. The van der Waals surface area contributed by atoms with Crippen LogP contribution in [-0.2, 0) is 11.8 Å². The molecule has 8 nitrogen and oxygen atoms in total. The molecule has 0 spiro atoms. The highest BCUT2D eigenvalue weighted by atomic mass is 19.2. The van der Waals surface area contributed by atoms with Crippen LogP contribution in [0.1, 0.15) is 57.6 Å². The first kappa shape index (κ1) is 30.6. The Balaban J connectivity index is 0.00000161. The van der Waals surface area contributed by atoms with Crippen LogP contribution in [0.25, 0.3) is 22.3 Å². The van der Waals surface area contributed by atoms with Crippen molar-refractivity contribution in [3.8, 4) is 11.3 Å². The van der Waals surface area contributed by atoms with Gasteiger partial charge in [0.2, 0.25) is 0 Å². The second kappa shape index (κ2) is 13.8. The molecule has 11 heteroatoms. The number of rotatable bonds is 8. The maximum Gasteiger partial charge on any atom is 0.279 e. The maximum atomic E-state index is 14.8. The molecular formula is C27H35F3N6O2. The normalized spacial score (nSPS) is 13.5. The minimum atomic E-state index is -1.34. The number of ether oxygens (including phenoxy) is 1. The van der Waals surface area contributed by atoms with Crippen molar-refractivity contribution in [1.82, 2.24) is 19.5 Å². The summed E-state index contributed by atoms with van der Waals surface area (Å²) in [4.78, 5) is 30.4. The Labute approximate surface area is 220 Å². The quantitative estimate of drug-likeness (QED) is 0.324. The van der Waals surface area contributed by atoms with E-state index in [-0.39, 0.29) is 34.0 Å². The molecule has 0 aliphatic carbocycles. The highest BCUT2D eigenvalue weighted by Crippen LogP contribution is 2.32. The van der Waals surface area contributed by atoms with Crippen molar-refractivity contribution in [2.45, 2.75) is 59.0 Å². The number of halogens is 3. The fraction of sp³-hybridized carbons (Fsp3) is 0.444. The summed E-state index contributed by atoms with van der Waals surface area (Å²) in [5.74, 6) is -3.44. The van der Waals surface area contributed by atoms with Gasteiger partial charge in [0, 0.05) is 56.7 Å². The summed E-state index contributed by atoms with van der Waals surface area (Å²) in [5.41, 5.74) is 5.42. The lowest BCUT2D eigenvalue weighted by atomic mass is 9.94. The van der Waals surface area contributed by atoms with Gasteiger partial charge in [0.15, 0.2) is 17.2 Å². The highest BCUT2D eigenvalue weighted by molar-refractivity contribution is 5.88. The SMILES string of the molecule is CCC.CCC(C[C@H](OC)/C(C=NC)=C/N)c1nc(-c2cc(F)c(F)cc2F)c2nc(C)n(C)c(=O)c2n1. The van der Waals surface area contributed by atoms with Crippen LogP contribution >= 0.6 is 0 Å². The lowest BCUT2D eigenvalue weighted by Crippen LogP contribution is -2.24. The molecule has 3 rings (SSSR count). The van der Waals surface area contributed by atoms with Crippen LogP contribution in [0.5, 0.6) is 0 Å². The Hall–Kier alpha value is -3.60. The first-order valence-electron chi connectivity index (χ1n) is 12.3. The van der Waals surface area contributed by atoms with Crippen LogP contribution in [0.2, 0.25) is 0 Å². The summed E-state index contributed by atoms with van der Waals surface area (Å²) in [5, 5.41) is 0. The first-order valence-corrected chi connectivity index (χ1v) is 12.3. The van der Waals surface area contributed by atoms with Gasteiger partial charge >= 0.3 is 0 Å². The number of hydrogen-bond donors (Lipinski definition) is 1. The Morgan fingerprint density at radius 3 is 2.29 bits per heavy atom. The molecule has 2 heterocycles. The van der Waals surface area contributed by atoms with E-state index in [1.165, 1.54) is 31.3 Å². The number of aryl methyl sites for hydroxylation is 1. The Morgan fingerprint density at radius 2 is 1.74 bits per heavy atom. The van der Waals surface area contributed by atoms with Crippen molar-refractivity contribution < 1.29 is 17.9 Å². The van der Waals surface area contributed by atoms with E-state index in [2.05, 4.69) is 33.8 Å². The number of nitrogens with two attached hydrogens (primary N) is 1. The third kappa shape index (κ3) is 6.63. The average molecular weight is 533 g/mol. The molecule has 0 amide bonds. The van der Waals surface area contributed by atoms with Gasteiger partial charge in [-0.25, -0.2) is 28.1 Å². The molecule has 0 saturated carbocycles.